The fourth-order valence-corrected chi connectivity index (χ4v) is 3.23. The molecule has 2 aromatic carbocycles. The summed E-state index contributed by atoms with van der Waals surface area (Å²) in [4.78, 5) is 50.5. The Labute approximate surface area is 180 Å². The minimum Gasteiger partial charge on any atom is -0.452 e. The number of hydrazine groups is 1. The van der Waals surface area contributed by atoms with Crippen LogP contribution in [0.5, 0.6) is 0 Å². The number of amides is 3. The van der Waals surface area contributed by atoms with Crippen molar-refractivity contribution in [1.29, 1.82) is 0 Å². The van der Waals surface area contributed by atoms with Gasteiger partial charge in [-0.25, -0.2) is 0 Å². The number of hydrogen-bond acceptors (Lipinski definition) is 5. The van der Waals surface area contributed by atoms with E-state index in [-0.39, 0.29) is 18.9 Å². The largest absolute Gasteiger partial charge is 0.452 e. The Morgan fingerprint density at radius 2 is 1.74 bits per heavy atom. The first-order chi connectivity index (χ1) is 14.9. The van der Waals surface area contributed by atoms with Gasteiger partial charge in [-0.3, -0.25) is 30.0 Å². The minimum absolute atomic E-state index is 0.0213. The van der Waals surface area contributed by atoms with Crippen molar-refractivity contribution >= 4 is 29.4 Å². The number of benzene rings is 2. The minimum atomic E-state index is -1.13. The predicted octanol–water partition coefficient (Wildman–Crippen LogP) is 1.99. The summed E-state index contributed by atoms with van der Waals surface area (Å²) in [5.74, 6) is -2.61. The van der Waals surface area contributed by atoms with Gasteiger partial charge in [-0.2, -0.15) is 0 Å². The summed E-state index contributed by atoms with van der Waals surface area (Å²) in [6.45, 7) is 3.65. The molecule has 162 valence electrons. The van der Waals surface area contributed by atoms with Gasteiger partial charge in [-0.1, -0.05) is 37.3 Å². The maximum absolute atomic E-state index is 12.5. The highest BCUT2D eigenvalue weighted by Gasteiger charge is 2.37. The van der Waals surface area contributed by atoms with Gasteiger partial charge in [0.15, 0.2) is 6.10 Å². The molecule has 0 aromatic heterocycles. The molecular formula is C23H25N3O5. The van der Waals surface area contributed by atoms with E-state index in [2.05, 4.69) is 10.9 Å². The molecule has 8 heteroatoms. The van der Waals surface area contributed by atoms with Gasteiger partial charge < -0.3 is 9.64 Å². The van der Waals surface area contributed by atoms with Gasteiger partial charge in [0.05, 0.1) is 5.92 Å². The molecule has 0 saturated carbocycles. The SMILES string of the molecule is CCc1ccc(N2C[C@@H](C(=O)O[C@@H](C)C(=O)NNC(=O)c3ccccc3)CC2=O)cc1. The third kappa shape index (κ3) is 5.48. The van der Waals surface area contributed by atoms with Crippen molar-refractivity contribution in [2.24, 2.45) is 5.92 Å². The summed E-state index contributed by atoms with van der Waals surface area (Å²) >= 11 is 0. The van der Waals surface area contributed by atoms with Crippen LogP contribution in [0.25, 0.3) is 0 Å². The number of carbonyl (C=O) groups is 4. The lowest BCUT2D eigenvalue weighted by atomic mass is 10.1. The van der Waals surface area contributed by atoms with Crippen molar-refractivity contribution in [1.82, 2.24) is 10.9 Å². The van der Waals surface area contributed by atoms with E-state index < -0.39 is 29.8 Å². The molecule has 2 aromatic rings. The highest BCUT2D eigenvalue weighted by molar-refractivity contribution is 6.00. The lowest BCUT2D eigenvalue weighted by Crippen LogP contribution is -2.47. The molecule has 1 heterocycles. The molecule has 8 nitrogen and oxygen atoms in total. The average molecular weight is 423 g/mol. The topological polar surface area (TPSA) is 105 Å². The quantitative estimate of drug-likeness (QED) is 0.546. The van der Waals surface area contributed by atoms with Crippen molar-refractivity contribution in [2.75, 3.05) is 11.4 Å². The molecule has 2 N–H and O–H groups in total. The molecule has 0 spiro atoms. The van der Waals surface area contributed by atoms with E-state index in [1.165, 1.54) is 6.92 Å². The van der Waals surface area contributed by atoms with E-state index >= 15 is 0 Å². The van der Waals surface area contributed by atoms with Gasteiger partial charge in [-0.05, 0) is 43.2 Å². The van der Waals surface area contributed by atoms with Crippen LogP contribution in [0.4, 0.5) is 5.69 Å². The molecule has 2 atom stereocenters. The number of nitrogens with one attached hydrogen (secondary N) is 2. The second-order valence-corrected chi connectivity index (χ2v) is 7.31. The summed E-state index contributed by atoms with van der Waals surface area (Å²) in [7, 11) is 0. The van der Waals surface area contributed by atoms with Crippen LogP contribution >= 0.6 is 0 Å². The average Bonchev–Trinajstić information content (AvgIpc) is 3.19. The van der Waals surface area contributed by atoms with Gasteiger partial charge in [0, 0.05) is 24.2 Å². The maximum Gasteiger partial charge on any atom is 0.312 e. The molecular weight excluding hydrogens is 398 g/mol. The van der Waals surface area contributed by atoms with E-state index in [9.17, 15) is 19.2 Å². The Bertz CT molecular complexity index is 959. The van der Waals surface area contributed by atoms with Gasteiger partial charge in [0.1, 0.15) is 0 Å². The molecule has 3 rings (SSSR count). The lowest BCUT2D eigenvalue weighted by molar-refractivity contribution is -0.158. The molecule has 0 bridgehead atoms. The number of carbonyl (C=O) groups excluding carboxylic acids is 4. The van der Waals surface area contributed by atoms with Crippen LogP contribution in [-0.2, 0) is 25.5 Å². The van der Waals surface area contributed by atoms with Crippen LogP contribution in [0.15, 0.2) is 54.6 Å². The Balaban J connectivity index is 1.50. The number of anilines is 1. The second-order valence-electron chi connectivity index (χ2n) is 7.31. The standard InChI is InChI=1S/C23H25N3O5/c1-3-16-9-11-19(12-10-16)26-14-18(13-20(26)27)23(30)31-15(2)21(28)24-25-22(29)17-7-5-4-6-8-17/h4-12,15,18H,3,13-14H2,1-2H3,(H,24,28)(H,25,29)/t15-,18-/m0/s1. The van der Waals surface area contributed by atoms with Crippen LogP contribution in [0.3, 0.4) is 0 Å². The van der Waals surface area contributed by atoms with E-state index in [1.807, 2.05) is 31.2 Å². The number of rotatable bonds is 6. The summed E-state index contributed by atoms with van der Waals surface area (Å²) in [6, 6.07) is 16.0. The molecule has 0 unspecified atom stereocenters. The van der Waals surface area contributed by atoms with Crippen LogP contribution in [-0.4, -0.2) is 36.3 Å². The summed E-state index contributed by atoms with van der Waals surface area (Å²) in [5.41, 5.74) is 6.78. The van der Waals surface area contributed by atoms with Crippen molar-refractivity contribution < 1.29 is 23.9 Å². The number of hydrogen-bond donors (Lipinski definition) is 2. The van der Waals surface area contributed by atoms with E-state index in [0.29, 0.717) is 5.56 Å². The van der Waals surface area contributed by atoms with Crippen molar-refractivity contribution in [3.63, 3.8) is 0 Å². The predicted molar refractivity (Wildman–Crippen MR) is 114 cm³/mol. The smallest absolute Gasteiger partial charge is 0.312 e. The van der Waals surface area contributed by atoms with Crippen LogP contribution < -0.4 is 15.8 Å². The summed E-state index contributed by atoms with van der Waals surface area (Å²) in [6.07, 6.45) is -0.209. The van der Waals surface area contributed by atoms with Crippen molar-refractivity contribution in [2.45, 2.75) is 32.8 Å². The van der Waals surface area contributed by atoms with Crippen LogP contribution in [0, 0.1) is 5.92 Å². The first kappa shape index (κ1) is 22.0. The molecule has 1 aliphatic rings. The highest BCUT2D eigenvalue weighted by Crippen LogP contribution is 2.26. The normalized spacial score (nSPS) is 16.5. The van der Waals surface area contributed by atoms with Gasteiger partial charge >= 0.3 is 5.97 Å². The van der Waals surface area contributed by atoms with Gasteiger partial charge in [0.25, 0.3) is 11.8 Å². The highest BCUT2D eigenvalue weighted by atomic mass is 16.5. The third-order valence-electron chi connectivity index (χ3n) is 5.11. The van der Waals surface area contributed by atoms with E-state index in [1.54, 1.807) is 35.2 Å². The third-order valence-corrected chi connectivity index (χ3v) is 5.11. The van der Waals surface area contributed by atoms with Crippen LogP contribution in [0.1, 0.15) is 36.2 Å². The zero-order chi connectivity index (χ0) is 22.4. The molecule has 3 amide bonds. The number of esters is 1. The van der Waals surface area contributed by atoms with Crippen LogP contribution in [0.2, 0.25) is 0 Å². The molecule has 31 heavy (non-hydrogen) atoms. The monoisotopic (exact) mass is 423 g/mol. The second kappa shape index (κ2) is 9.88. The Morgan fingerprint density at radius 1 is 1.06 bits per heavy atom. The van der Waals surface area contributed by atoms with Crippen molar-refractivity contribution in [3.05, 3.63) is 65.7 Å². The lowest BCUT2D eigenvalue weighted by Gasteiger charge is -2.18. The Kier molecular flexibility index (Phi) is 7.02. The molecule has 1 saturated heterocycles. The maximum atomic E-state index is 12.5. The summed E-state index contributed by atoms with van der Waals surface area (Å²) < 4.78 is 5.22. The molecule has 0 aliphatic carbocycles. The number of nitrogens with zero attached hydrogens (tertiary/aromatic N) is 1. The zero-order valence-corrected chi connectivity index (χ0v) is 17.5. The molecule has 1 aliphatic heterocycles. The Hall–Kier alpha value is -3.68. The molecule has 1 fully saturated rings. The van der Waals surface area contributed by atoms with Crippen molar-refractivity contribution in [3.8, 4) is 0 Å². The fraction of sp³-hybridized carbons (Fsp3) is 0.304. The summed E-state index contributed by atoms with van der Waals surface area (Å²) in [5, 5.41) is 0. The van der Waals surface area contributed by atoms with E-state index in [0.717, 1.165) is 17.7 Å². The van der Waals surface area contributed by atoms with E-state index in [4.69, 9.17) is 4.74 Å². The first-order valence-electron chi connectivity index (χ1n) is 10.1. The number of ether oxygens (including phenoxy) is 1. The van der Waals surface area contributed by atoms with Gasteiger partial charge in [0.2, 0.25) is 5.91 Å². The molecule has 0 radical (unpaired) electrons. The zero-order valence-electron chi connectivity index (χ0n) is 17.5. The number of aryl methyl sites for hydroxylation is 1. The fourth-order valence-electron chi connectivity index (χ4n) is 3.23. The first-order valence-corrected chi connectivity index (χ1v) is 10.1. The van der Waals surface area contributed by atoms with Gasteiger partial charge in [-0.15, -0.1) is 0 Å². The Morgan fingerprint density at radius 3 is 2.39 bits per heavy atom.